The lowest BCUT2D eigenvalue weighted by Crippen LogP contribution is -2.46. The molecule has 2 amide bonds. The number of ether oxygens (including phenoxy) is 2. The highest BCUT2D eigenvalue weighted by Gasteiger charge is 2.38. The smallest absolute Gasteiger partial charge is 0.326 e. The first-order chi connectivity index (χ1) is 9.06. The van der Waals surface area contributed by atoms with Crippen molar-refractivity contribution in [3.8, 4) is 0 Å². The van der Waals surface area contributed by atoms with Gasteiger partial charge in [-0.2, -0.15) is 0 Å². The Balaban J connectivity index is 2.26. The molecule has 3 N–H and O–H groups in total. The molecular weight excluding hydrogens is 256 g/mol. The second-order valence-corrected chi connectivity index (χ2v) is 4.23. The van der Waals surface area contributed by atoms with Crippen LogP contribution in [0.4, 0.5) is 4.79 Å². The molecule has 0 spiro atoms. The van der Waals surface area contributed by atoms with Gasteiger partial charge in [-0.15, -0.1) is 0 Å². The van der Waals surface area contributed by atoms with Gasteiger partial charge in [-0.05, 0) is 0 Å². The summed E-state index contributed by atoms with van der Waals surface area (Å²) in [5, 5.41) is 20.9. The summed E-state index contributed by atoms with van der Waals surface area (Å²) in [5.41, 5.74) is 0. The molecule has 1 aliphatic heterocycles. The minimum absolute atomic E-state index is 0.0351. The van der Waals surface area contributed by atoms with Gasteiger partial charge in [0.25, 0.3) is 0 Å². The predicted octanol–water partition coefficient (Wildman–Crippen LogP) is -1.12. The van der Waals surface area contributed by atoms with Gasteiger partial charge in [-0.3, -0.25) is 0 Å². The molecule has 0 saturated carbocycles. The Morgan fingerprint density at radius 1 is 1.37 bits per heavy atom. The number of carboxylic acids is 1. The summed E-state index contributed by atoms with van der Waals surface area (Å²) < 4.78 is 9.95. The van der Waals surface area contributed by atoms with Crippen molar-refractivity contribution in [1.29, 1.82) is 0 Å². The number of aliphatic hydroxyl groups is 1. The lowest BCUT2D eigenvalue weighted by atomic mass is 10.2. The Kier molecular flexibility index (Phi) is 6.54. The number of carbonyl (C=O) groups excluding carboxylic acids is 1. The number of nitrogens with one attached hydrogen (secondary N) is 1. The highest BCUT2D eigenvalue weighted by atomic mass is 16.5. The number of amides is 2. The molecule has 0 aromatic heterocycles. The van der Waals surface area contributed by atoms with Crippen LogP contribution in [-0.2, 0) is 14.3 Å². The van der Waals surface area contributed by atoms with Crippen LogP contribution in [0.1, 0.15) is 6.42 Å². The summed E-state index contributed by atoms with van der Waals surface area (Å²) >= 11 is 0. The summed E-state index contributed by atoms with van der Waals surface area (Å²) in [6.07, 6.45) is -0.725. The zero-order valence-electron chi connectivity index (χ0n) is 10.9. The van der Waals surface area contributed by atoms with Crippen LogP contribution in [-0.4, -0.2) is 79.3 Å². The molecule has 2 atom stereocenters. The highest BCUT2D eigenvalue weighted by Crippen LogP contribution is 2.17. The van der Waals surface area contributed by atoms with Crippen LogP contribution in [0.3, 0.4) is 0 Å². The van der Waals surface area contributed by atoms with E-state index >= 15 is 0 Å². The molecule has 1 heterocycles. The Morgan fingerprint density at radius 3 is 2.74 bits per heavy atom. The molecule has 8 nitrogen and oxygen atoms in total. The van der Waals surface area contributed by atoms with E-state index in [0.717, 1.165) is 4.90 Å². The molecule has 1 rings (SSSR count). The number of nitrogens with zero attached hydrogens (tertiary/aromatic N) is 1. The average molecular weight is 276 g/mol. The number of urea groups is 1. The van der Waals surface area contributed by atoms with Crippen molar-refractivity contribution in [2.45, 2.75) is 18.6 Å². The van der Waals surface area contributed by atoms with Gasteiger partial charge < -0.3 is 29.9 Å². The number of carbonyl (C=O) groups is 2. The number of β-amino-alcohol motifs (C(OH)–C–C–N with tert-alkyl or cyclic N) is 1. The monoisotopic (exact) mass is 276 g/mol. The Bertz CT molecular complexity index is 312. The molecule has 0 aromatic carbocycles. The van der Waals surface area contributed by atoms with E-state index in [1.165, 1.54) is 0 Å². The number of likely N-dealkylation sites (tertiary alicyclic amines) is 1. The normalized spacial score (nSPS) is 22.5. The second kappa shape index (κ2) is 7.93. The Morgan fingerprint density at radius 2 is 2.11 bits per heavy atom. The van der Waals surface area contributed by atoms with Gasteiger partial charge in [0.1, 0.15) is 6.04 Å². The van der Waals surface area contributed by atoms with E-state index in [2.05, 4.69) is 5.32 Å². The maximum Gasteiger partial charge on any atom is 0.326 e. The van der Waals surface area contributed by atoms with Gasteiger partial charge in [0, 0.05) is 26.6 Å². The fourth-order valence-electron chi connectivity index (χ4n) is 1.85. The highest BCUT2D eigenvalue weighted by molar-refractivity contribution is 5.83. The number of methoxy groups -OCH3 is 1. The topological polar surface area (TPSA) is 108 Å². The molecule has 0 aliphatic carbocycles. The average Bonchev–Trinajstić information content (AvgIpc) is 2.76. The molecule has 8 heteroatoms. The van der Waals surface area contributed by atoms with Crippen molar-refractivity contribution in [2.75, 3.05) is 40.0 Å². The molecule has 0 radical (unpaired) electrons. The largest absolute Gasteiger partial charge is 0.480 e. The lowest BCUT2D eigenvalue weighted by molar-refractivity contribution is -0.141. The van der Waals surface area contributed by atoms with Crippen LogP contribution in [0, 0.1) is 0 Å². The van der Waals surface area contributed by atoms with Crippen molar-refractivity contribution in [3.63, 3.8) is 0 Å². The third-order valence-electron chi connectivity index (χ3n) is 2.78. The summed E-state index contributed by atoms with van der Waals surface area (Å²) in [5.74, 6) is -1.11. The molecular formula is C11H20N2O6. The summed E-state index contributed by atoms with van der Waals surface area (Å²) in [4.78, 5) is 23.8. The van der Waals surface area contributed by atoms with Crippen molar-refractivity contribution < 1.29 is 29.3 Å². The molecule has 1 aliphatic rings. The standard InChI is InChI=1S/C11H20N2O6/c1-18-4-5-19-3-2-12-11(17)13-7-8(14)6-9(13)10(15)16/h8-9,14H,2-7H2,1H3,(H,12,17)(H,15,16)/t8?,9-/m0/s1. The minimum atomic E-state index is -1.11. The molecule has 19 heavy (non-hydrogen) atoms. The van der Waals surface area contributed by atoms with Crippen LogP contribution in [0.2, 0.25) is 0 Å². The predicted molar refractivity (Wildman–Crippen MR) is 64.8 cm³/mol. The SMILES string of the molecule is COCCOCCNC(=O)N1CC(O)C[C@H]1C(=O)O. The fraction of sp³-hybridized carbons (Fsp3) is 0.818. The van der Waals surface area contributed by atoms with Crippen molar-refractivity contribution in [2.24, 2.45) is 0 Å². The number of hydrogen-bond donors (Lipinski definition) is 3. The van der Waals surface area contributed by atoms with Gasteiger partial charge in [0.05, 0.1) is 25.9 Å². The number of aliphatic carboxylic acids is 1. The molecule has 110 valence electrons. The van der Waals surface area contributed by atoms with Crippen molar-refractivity contribution >= 4 is 12.0 Å². The molecule has 0 aromatic rings. The zero-order chi connectivity index (χ0) is 14.3. The maximum absolute atomic E-state index is 11.8. The third kappa shape index (κ3) is 5.01. The van der Waals surface area contributed by atoms with Crippen LogP contribution in [0.25, 0.3) is 0 Å². The summed E-state index contributed by atoms with van der Waals surface area (Å²) in [7, 11) is 1.57. The quantitative estimate of drug-likeness (QED) is 0.508. The van der Waals surface area contributed by atoms with Gasteiger partial charge in [0.2, 0.25) is 0 Å². The second-order valence-electron chi connectivity index (χ2n) is 4.23. The van der Waals surface area contributed by atoms with Crippen LogP contribution >= 0.6 is 0 Å². The van der Waals surface area contributed by atoms with Crippen LogP contribution in [0.5, 0.6) is 0 Å². The Labute approximate surface area is 111 Å². The number of rotatable bonds is 7. The van der Waals surface area contributed by atoms with Gasteiger partial charge in [0.15, 0.2) is 0 Å². The van der Waals surface area contributed by atoms with E-state index in [0.29, 0.717) is 19.8 Å². The first kappa shape index (κ1) is 15.7. The van der Waals surface area contributed by atoms with Crippen molar-refractivity contribution in [3.05, 3.63) is 0 Å². The van der Waals surface area contributed by atoms with E-state index in [9.17, 15) is 14.7 Å². The maximum atomic E-state index is 11.8. The van der Waals surface area contributed by atoms with E-state index < -0.39 is 24.1 Å². The van der Waals surface area contributed by atoms with Crippen LogP contribution < -0.4 is 5.32 Å². The van der Waals surface area contributed by atoms with E-state index in [1.807, 2.05) is 0 Å². The van der Waals surface area contributed by atoms with Crippen molar-refractivity contribution in [1.82, 2.24) is 10.2 Å². The number of aliphatic hydroxyl groups excluding tert-OH is 1. The zero-order valence-corrected chi connectivity index (χ0v) is 10.9. The number of hydrogen-bond acceptors (Lipinski definition) is 5. The van der Waals surface area contributed by atoms with Gasteiger partial charge in [-0.1, -0.05) is 0 Å². The molecule has 1 saturated heterocycles. The Hall–Kier alpha value is -1.38. The van der Waals surface area contributed by atoms with E-state index in [-0.39, 0.29) is 19.5 Å². The first-order valence-corrected chi connectivity index (χ1v) is 6.08. The molecule has 1 unspecified atom stereocenters. The minimum Gasteiger partial charge on any atom is -0.480 e. The third-order valence-corrected chi connectivity index (χ3v) is 2.78. The van der Waals surface area contributed by atoms with Gasteiger partial charge >= 0.3 is 12.0 Å². The van der Waals surface area contributed by atoms with Crippen LogP contribution in [0.15, 0.2) is 0 Å². The fourth-order valence-corrected chi connectivity index (χ4v) is 1.85. The first-order valence-electron chi connectivity index (χ1n) is 6.08. The lowest BCUT2D eigenvalue weighted by Gasteiger charge is -2.21. The summed E-state index contributed by atoms with van der Waals surface area (Å²) in [6.45, 7) is 1.55. The summed E-state index contributed by atoms with van der Waals surface area (Å²) in [6, 6.07) is -1.47. The van der Waals surface area contributed by atoms with Gasteiger partial charge in [-0.25, -0.2) is 9.59 Å². The molecule has 1 fully saturated rings. The van der Waals surface area contributed by atoms with E-state index in [1.54, 1.807) is 7.11 Å². The number of carboxylic acid groups (broad SMARTS) is 1. The molecule has 0 bridgehead atoms. The van der Waals surface area contributed by atoms with E-state index in [4.69, 9.17) is 14.6 Å².